The zero-order valence-electron chi connectivity index (χ0n) is 18.6. The summed E-state index contributed by atoms with van der Waals surface area (Å²) in [6, 6.07) is 7.95. The highest BCUT2D eigenvalue weighted by molar-refractivity contribution is 5.86. The Labute approximate surface area is 190 Å². The van der Waals surface area contributed by atoms with Gasteiger partial charge in [-0.1, -0.05) is 19.1 Å². The summed E-state index contributed by atoms with van der Waals surface area (Å²) in [7, 11) is 0. The largest absolute Gasteiger partial charge is 0.433 e. The number of hydrogen-bond donors (Lipinski definition) is 1. The zero-order valence-corrected chi connectivity index (χ0v) is 18.6. The number of aromatic nitrogens is 3. The summed E-state index contributed by atoms with van der Waals surface area (Å²) in [5.41, 5.74) is 1.26. The van der Waals surface area contributed by atoms with Crippen LogP contribution in [0.15, 0.2) is 42.9 Å². The van der Waals surface area contributed by atoms with E-state index in [0.717, 1.165) is 35.4 Å². The van der Waals surface area contributed by atoms with Gasteiger partial charge in [0.25, 0.3) is 0 Å². The summed E-state index contributed by atoms with van der Waals surface area (Å²) in [4.78, 5) is 26.9. The minimum Gasteiger partial charge on any atom is -0.356 e. The number of carbonyl (C=O) groups is 1. The van der Waals surface area contributed by atoms with Crippen molar-refractivity contribution in [3.63, 3.8) is 0 Å². The van der Waals surface area contributed by atoms with Gasteiger partial charge in [-0.15, -0.1) is 0 Å². The molecule has 6 nitrogen and oxygen atoms in total. The number of anilines is 1. The summed E-state index contributed by atoms with van der Waals surface area (Å²) in [6.07, 6.45) is 0.430. The Morgan fingerprint density at radius 3 is 2.70 bits per heavy atom. The summed E-state index contributed by atoms with van der Waals surface area (Å²) >= 11 is 0. The minimum atomic E-state index is -4.52. The number of benzene rings is 1. The smallest absolute Gasteiger partial charge is 0.356 e. The second-order valence-electron chi connectivity index (χ2n) is 8.63. The van der Waals surface area contributed by atoms with Crippen molar-refractivity contribution in [1.82, 2.24) is 20.3 Å². The van der Waals surface area contributed by atoms with Gasteiger partial charge < -0.3 is 10.2 Å². The molecule has 2 aromatic heterocycles. The van der Waals surface area contributed by atoms with Gasteiger partial charge >= 0.3 is 6.18 Å². The molecular weight excluding hydrogens is 431 g/mol. The Balaban J connectivity index is 1.51. The van der Waals surface area contributed by atoms with E-state index in [4.69, 9.17) is 0 Å². The van der Waals surface area contributed by atoms with Crippen LogP contribution in [0.2, 0.25) is 0 Å². The zero-order chi connectivity index (χ0) is 23.6. The molecule has 0 saturated carbocycles. The van der Waals surface area contributed by atoms with Crippen LogP contribution in [0.4, 0.5) is 19.0 Å². The first-order valence-electron chi connectivity index (χ1n) is 11.0. The lowest BCUT2D eigenvalue weighted by atomic mass is 9.98. The molecule has 3 aromatic rings. The molecule has 3 heterocycles. The number of halogens is 3. The number of piperidine rings is 1. The molecular formula is C24H26F3N5O. The fourth-order valence-corrected chi connectivity index (χ4v) is 4.03. The van der Waals surface area contributed by atoms with Crippen LogP contribution in [-0.2, 0) is 17.5 Å². The maximum absolute atomic E-state index is 13.3. The Morgan fingerprint density at radius 1 is 1.21 bits per heavy atom. The van der Waals surface area contributed by atoms with Gasteiger partial charge in [-0.3, -0.25) is 4.79 Å². The number of fused-ring (bicyclic) bond motifs is 1. The molecule has 1 aromatic carbocycles. The average molecular weight is 458 g/mol. The molecule has 1 saturated heterocycles. The van der Waals surface area contributed by atoms with Crippen molar-refractivity contribution >= 4 is 22.6 Å². The SMILES string of the molecule is CC1CCN(c2nc(C(F)(F)F)ccc2CNC(=O)C(C)c2ccc3ncncc3c2)CC1. The van der Waals surface area contributed by atoms with Crippen LogP contribution in [0.3, 0.4) is 0 Å². The molecule has 1 aliphatic heterocycles. The van der Waals surface area contributed by atoms with Crippen molar-refractivity contribution in [2.24, 2.45) is 5.92 Å². The molecule has 1 unspecified atom stereocenters. The molecule has 1 aliphatic rings. The predicted octanol–water partition coefficient (Wildman–Crippen LogP) is 4.70. The highest BCUT2D eigenvalue weighted by Gasteiger charge is 2.34. The first-order chi connectivity index (χ1) is 15.7. The van der Waals surface area contributed by atoms with Crippen LogP contribution in [0.25, 0.3) is 10.9 Å². The molecule has 4 rings (SSSR count). The number of hydrogen-bond acceptors (Lipinski definition) is 5. The highest BCUT2D eigenvalue weighted by atomic mass is 19.4. The van der Waals surface area contributed by atoms with E-state index in [1.807, 2.05) is 23.1 Å². The quantitative estimate of drug-likeness (QED) is 0.601. The Morgan fingerprint density at radius 2 is 1.97 bits per heavy atom. The molecule has 174 valence electrons. The summed E-state index contributed by atoms with van der Waals surface area (Å²) in [6.45, 7) is 5.32. The van der Waals surface area contributed by atoms with Gasteiger partial charge in [-0.05, 0) is 49.4 Å². The van der Waals surface area contributed by atoms with Crippen molar-refractivity contribution in [1.29, 1.82) is 0 Å². The third kappa shape index (κ3) is 5.23. The molecule has 0 aliphatic carbocycles. The third-order valence-electron chi connectivity index (χ3n) is 6.20. The topological polar surface area (TPSA) is 71.0 Å². The lowest BCUT2D eigenvalue weighted by Gasteiger charge is -2.33. The van der Waals surface area contributed by atoms with E-state index in [-0.39, 0.29) is 12.5 Å². The second-order valence-corrected chi connectivity index (χ2v) is 8.63. The summed E-state index contributed by atoms with van der Waals surface area (Å²) < 4.78 is 39.9. The van der Waals surface area contributed by atoms with E-state index < -0.39 is 17.8 Å². The van der Waals surface area contributed by atoms with Gasteiger partial charge in [-0.25, -0.2) is 15.0 Å². The monoisotopic (exact) mass is 457 g/mol. The fourth-order valence-electron chi connectivity index (χ4n) is 4.03. The number of nitrogens with one attached hydrogen (secondary N) is 1. The standard InChI is InChI=1S/C24H26F3N5O/c1-15-7-9-32(10-8-15)22-18(4-6-21(31-22)24(25,26)27)13-29-23(33)16(2)17-3-5-20-19(11-17)12-28-14-30-20/h3-6,11-12,14-16H,7-10,13H2,1-2H3,(H,29,33). The van der Waals surface area contributed by atoms with Crippen LogP contribution in [0.1, 0.15) is 49.4 Å². The van der Waals surface area contributed by atoms with E-state index >= 15 is 0 Å². The number of amides is 1. The number of rotatable bonds is 5. The van der Waals surface area contributed by atoms with E-state index in [1.54, 1.807) is 13.1 Å². The molecule has 0 bridgehead atoms. The van der Waals surface area contributed by atoms with Gasteiger partial charge in [0.05, 0.1) is 11.4 Å². The van der Waals surface area contributed by atoms with Crippen LogP contribution >= 0.6 is 0 Å². The van der Waals surface area contributed by atoms with Gasteiger partial charge in [0, 0.05) is 36.8 Å². The van der Waals surface area contributed by atoms with Gasteiger partial charge in [-0.2, -0.15) is 13.2 Å². The Bertz CT molecular complexity index is 1140. The number of alkyl halides is 3. The lowest BCUT2D eigenvalue weighted by molar-refractivity contribution is -0.141. The highest BCUT2D eigenvalue weighted by Crippen LogP contribution is 2.32. The van der Waals surface area contributed by atoms with Crippen LogP contribution in [0, 0.1) is 5.92 Å². The fraction of sp³-hybridized carbons (Fsp3) is 0.417. The van der Waals surface area contributed by atoms with Crippen LogP contribution < -0.4 is 10.2 Å². The molecule has 1 atom stereocenters. The average Bonchev–Trinajstić information content (AvgIpc) is 2.81. The maximum atomic E-state index is 13.3. The van der Waals surface area contributed by atoms with E-state index in [2.05, 4.69) is 27.2 Å². The number of carbonyl (C=O) groups excluding carboxylic acids is 1. The molecule has 33 heavy (non-hydrogen) atoms. The molecule has 9 heteroatoms. The second kappa shape index (κ2) is 9.33. The normalized spacial score (nSPS) is 16.1. The van der Waals surface area contributed by atoms with Crippen molar-refractivity contribution < 1.29 is 18.0 Å². The van der Waals surface area contributed by atoms with Crippen LogP contribution in [0.5, 0.6) is 0 Å². The van der Waals surface area contributed by atoms with Crippen molar-refractivity contribution in [3.8, 4) is 0 Å². The van der Waals surface area contributed by atoms with E-state index in [9.17, 15) is 18.0 Å². The first-order valence-corrected chi connectivity index (χ1v) is 11.0. The van der Waals surface area contributed by atoms with Crippen molar-refractivity contribution in [2.75, 3.05) is 18.0 Å². The summed E-state index contributed by atoms with van der Waals surface area (Å²) in [5.74, 6) is 0.163. The molecule has 1 fully saturated rings. The van der Waals surface area contributed by atoms with Gasteiger partial charge in [0.1, 0.15) is 17.8 Å². The van der Waals surface area contributed by atoms with E-state index in [1.165, 1.54) is 12.4 Å². The lowest BCUT2D eigenvalue weighted by Crippen LogP contribution is -2.35. The maximum Gasteiger partial charge on any atom is 0.433 e. The van der Waals surface area contributed by atoms with E-state index in [0.29, 0.717) is 30.4 Å². The van der Waals surface area contributed by atoms with Crippen molar-refractivity contribution in [3.05, 3.63) is 59.7 Å². The van der Waals surface area contributed by atoms with Gasteiger partial charge in [0.15, 0.2) is 0 Å². The third-order valence-corrected chi connectivity index (χ3v) is 6.20. The Hall–Kier alpha value is -3.23. The molecule has 1 N–H and O–H groups in total. The number of nitrogens with zero attached hydrogens (tertiary/aromatic N) is 4. The summed E-state index contributed by atoms with van der Waals surface area (Å²) in [5, 5.41) is 3.71. The Kier molecular flexibility index (Phi) is 6.49. The number of pyridine rings is 1. The van der Waals surface area contributed by atoms with Crippen molar-refractivity contribution in [2.45, 2.75) is 45.3 Å². The van der Waals surface area contributed by atoms with Gasteiger partial charge in [0.2, 0.25) is 5.91 Å². The molecule has 0 spiro atoms. The first kappa shape index (κ1) is 22.9. The van der Waals surface area contributed by atoms with Crippen LogP contribution in [-0.4, -0.2) is 33.9 Å². The molecule has 1 amide bonds. The molecule has 0 radical (unpaired) electrons. The predicted molar refractivity (Wildman–Crippen MR) is 120 cm³/mol. The minimum absolute atomic E-state index is 0.104.